The molecule has 0 amide bonds. The second kappa shape index (κ2) is 6.90. The maximum Gasteiger partial charge on any atom is 0.165 e. The van der Waals surface area contributed by atoms with E-state index in [4.69, 9.17) is 0 Å². The van der Waals surface area contributed by atoms with E-state index in [0.717, 1.165) is 18.2 Å². The molecule has 0 spiro atoms. The Morgan fingerprint density at radius 2 is 1.82 bits per heavy atom. The van der Waals surface area contributed by atoms with E-state index in [0.29, 0.717) is 11.5 Å². The minimum atomic E-state index is -0.304. The third-order valence-electron chi connectivity index (χ3n) is 2.93. The zero-order chi connectivity index (χ0) is 12.8. The molecule has 0 radical (unpaired) electrons. The highest BCUT2D eigenvalue weighted by atomic mass is 79.9. The van der Waals surface area contributed by atoms with Crippen LogP contribution in [0.4, 0.5) is 4.39 Å². The number of alkyl halides is 1. The first-order valence-corrected chi connectivity index (χ1v) is 7.02. The highest BCUT2D eigenvalue weighted by molar-refractivity contribution is 9.09. The van der Waals surface area contributed by atoms with Gasteiger partial charge in [-0.3, -0.25) is 4.79 Å². The number of carbonyl (C=O) groups excluding carboxylic acids is 1. The summed E-state index contributed by atoms with van der Waals surface area (Å²) in [5.41, 5.74) is 0.602. The summed E-state index contributed by atoms with van der Waals surface area (Å²) in [6.45, 7) is 4.09. The van der Waals surface area contributed by atoms with Crippen LogP contribution in [-0.2, 0) is 0 Å². The maximum atomic E-state index is 12.7. The molecular formula is C14H18BrFO. The molecule has 0 fully saturated rings. The average molecular weight is 301 g/mol. The van der Waals surface area contributed by atoms with E-state index in [9.17, 15) is 9.18 Å². The first kappa shape index (κ1) is 14.4. The van der Waals surface area contributed by atoms with Crippen molar-refractivity contribution in [2.24, 2.45) is 11.8 Å². The minimum absolute atomic E-state index is 0.00182. The van der Waals surface area contributed by atoms with Crippen LogP contribution in [0.25, 0.3) is 0 Å². The normalized spacial score (nSPS) is 14.4. The van der Waals surface area contributed by atoms with Crippen molar-refractivity contribution in [1.82, 2.24) is 0 Å². The summed E-state index contributed by atoms with van der Waals surface area (Å²) in [5.74, 6) is 0.384. The van der Waals surface area contributed by atoms with Crippen molar-refractivity contribution in [3.8, 4) is 0 Å². The highest BCUT2D eigenvalue weighted by Crippen LogP contribution is 2.18. The summed E-state index contributed by atoms with van der Waals surface area (Å²) in [7, 11) is 0. The monoisotopic (exact) mass is 300 g/mol. The van der Waals surface area contributed by atoms with Gasteiger partial charge in [0.25, 0.3) is 0 Å². The van der Waals surface area contributed by atoms with Crippen molar-refractivity contribution >= 4 is 21.7 Å². The van der Waals surface area contributed by atoms with E-state index in [-0.39, 0.29) is 17.5 Å². The van der Waals surface area contributed by atoms with E-state index in [1.165, 1.54) is 12.1 Å². The molecule has 0 aliphatic carbocycles. The zero-order valence-electron chi connectivity index (χ0n) is 10.2. The third-order valence-corrected chi connectivity index (χ3v) is 4.04. The molecule has 1 rings (SSSR count). The van der Waals surface area contributed by atoms with Crippen LogP contribution in [0.15, 0.2) is 24.3 Å². The molecule has 1 nitrogen and oxygen atoms in total. The molecule has 0 saturated carbocycles. The van der Waals surface area contributed by atoms with Crippen LogP contribution in [0.2, 0.25) is 0 Å². The summed E-state index contributed by atoms with van der Waals surface area (Å²) in [4.78, 5) is 12.0. The van der Waals surface area contributed by atoms with Gasteiger partial charge in [0, 0.05) is 16.8 Å². The number of benzene rings is 1. The number of hydrogen-bond donors (Lipinski definition) is 0. The molecule has 17 heavy (non-hydrogen) atoms. The van der Waals surface area contributed by atoms with Crippen LogP contribution < -0.4 is 0 Å². The van der Waals surface area contributed by atoms with E-state index in [1.54, 1.807) is 12.1 Å². The Labute approximate surface area is 111 Å². The molecule has 94 valence electrons. The Kier molecular flexibility index (Phi) is 5.83. The smallest absolute Gasteiger partial charge is 0.165 e. The maximum absolute atomic E-state index is 12.7. The van der Waals surface area contributed by atoms with E-state index >= 15 is 0 Å². The van der Waals surface area contributed by atoms with Crippen molar-refractivity contribution < 1.29 is 9.18 Å². The van der Waals surface area contributed by atoms with Crippen molar-refractivity contribution in [2.75, 3.05) is 5.33 Å². The second-order valence-corrected chi connectivity index (χ2v) is 5.26. The lowest BCUT2D eigenvalue weighted by Gasteiger charge is -2.13. The predicted molar refractivity (Wildman–Crippen MR) is 72.1 cm³/mol. The summed E-state index contributed by atoms with van der Waals surface area (Å²) in [6, 6.07) is 5.78. The number of halogens is 2. The van der Waals surface area contributed by atoms with E-state index < -0.39 is 0 Å². The van der Waals surface area contributed by atoms with Gasteiger partial charge >= 0.3 is 0 Å². The Balaban J connectivity index is 2.54. The van der Waals surface area contributed by atoms with Crippen molar-refractivity contribution in [3.05, 3.63) is 35.6 Å². The molecule has 0 aliphatic rings. The first-order chi connectivity index (χ1) is 8.04. The second-order valence-electron chi connectivity index (χ2n) is 4.61. The zero-order valence-corrected chi connectivity index (χ0v) is 11.8. The van der Waals surface area contributed by atoms with Crippen molar-refractivity contribution in [3.63, 3.8) is 0 Å². The molecule has 0 N–H and O–H groups in total. The van der Waals surface area contributed by atoms with Crippen LogP contribution in [0, 0.1) is 17.7 Å². The van der Waals surface area contributed by atoms with Crippen LogP contribution in [-0.4, -0.2) is 11.1 Å². The molecule has 0 saturated heterocycles. The van der Waals surface area contributed by atoms with Crippen LogP contribution >= 0.6 is 15.9 Å². The third kappa shape index (κ3) is 4.58. The molecule has 2 unspecified atom stereocenters. The summed E-state index contributed by atoms with van der Waals surface area (Å²) in [6.07, 6.45) is 1.91. The Bertz CT molecular complexity index is 361. The molecule has 1 aromatic carbocycles. The van der Waals surface area contributed by atoms with Gasteiger partial charge in [0.2, 0.25) is 0 Å². The summed E-state index contributed by atoms with van der Waals surface area (Å²) < 4.78 is 12.7. The van der Waals surface area contributed by atoms with Gasteiger partial charge in [0.05, 0.1) is 0 Å². The molecule has 0 bridgehead atoms. The quantitative estimate of drug-likeness (QED) is 0.560. The van der Waals surface area contributed by atoms with Crippen molar-refractivity contribution in [1.29, 1.82) is 0 Å². The van der Waals surface area contributed by atoms with Gasteiger partial charge in [-0.25, -0.2) is 4.39 Å². The lowest BCUT2D eigenvalue weighted by atomic mass is 9.92. The topological polar surface area (TPSA) is 17.1 Å². The Hall–Kier alpha value is -0.700. The van der Waals surface area contributed by atoms with Gasteiger partial charge in [-0.05, 0) is 43.0 Å². The van der Waals surface area contributed by atoms with E-state index in [2.05, 4.69) is 22.9 Å². The van der Waals surface area contributed by atoms with Crippen LogP contribution in [0.1, 0.15) is 37.0 Å². The molecular weight excluding hydrogens is 283 g/mol. The average Bonchev–Trinajstić information content (AvgIpc) is 2.35. The fourth-order valence-corrected chi connectivity index (χ4v) is 1.97. The van der Waals surface area contributed by atoms with Gasteiger partial charge in [0.15, 0.2) is 5.78 Å². The van der Waals surface area contributed by atoms with Gasteiger partial charge in [-0.15, -0.1) is 0 Å². The lowest BCUT2D eigenvalue weighted by Crippen LogP contribution is -2.13. The van der Waals surface area contributed by atoms with Gasteiger partial charge in [-0.1, -0.05) is 29.8 Å². The predicted octanol–water partition coefficient (Wildman–Crippen LogP) is 4.46. The molecule has 0 aliphatic heterocycles. The highest BCUT2D eigenvalue weighted by Gasteiger charge is 2.15. The SMILES string of the molecule is CC(CBr)CCC(C)C(=O)c1ccc(F)cc1. The lowest BCUT2D eigenvalue weighted by molar-refractivity contribution is 0.0920. The standard InChI is InChI=1S/C14H18BrFO/c1-10(9-15)3-4-11(2)14(17)12-5-7-13(16)8-6-12/h5-8,10-11H,3-4,9H2,1-2H3. The number of rotatable bonds is 6. The molecule has 2 atom stereocenters. The fraction of sp³-hybridized carbons (Fsp3) is 0.500. The van der Waals surface area contributed by atoms with E-state index in [1.807, 2.05) is 6.92 Å². The van der Waals surface area contributed by atoms with Gasteiger partial charge in [-0.2, -0.15) is 0 Å². The van der Waals surface area contributed by atoms with Gasteiger partial charge < -0.3 is 0 Å². The van der Waals surface area contributed by atoms with Gasteiger partial charge in [0.1, 0.15) is 5.82 Å². The Morgan fingerprint density at radius 1 is 1.24 bits per heavy atom. The first-order valence-electron chi connectivity index (χ1n) is 5.90. The summed E-state index contributed by atoms with van der Waals surface area (Å²) in [5, 5.41) is 0.963. The van der Waals surface area contributed by atoms with Crippen LogP contribution in [0.5, 0.6) is 0 Å². The fourth-order valence-electron chi connectivity index (χ4n) is 1.64. The minimum Gasteiger partial charge on any atom is -0.294 e. The number of hydrogen-bond acceptors (Lipinski definition) is 1. The number of carbonyl (C=O) groups is 1. The molecule has 0 aromatic heterocycles. The largest absolute Gasteiger partial charge is 0.294 e. The Morgan fingerprint density at radius 3 is 2.35 bits per heavy atom. The molecule has 3 heteroatoms. The molecule has 0 heterocycles. The van der Waals surface area contributed by atoms with Crippen molar-refractivity contribution in [2.45, 2.75) is 26.7 Å². The number of ketones is 1. The van der Waals surface area contributed by atoms with Crippen LogP contribution in [0.3, 0.4) is 0 Å². The summed E-state index contributed by atoms with van der Waals surface area (Å²) >= 11 is 3.43. The number of Topliss-reactive ketones (excluding diaryl/α,β-unsaturated/α-hetero) is 1. The molecule has 1 aromatic rings.